The number of benzene rings is 1. The monoisotopic (exact) mass is 699 g/mol. The van der Waals surface area contributed by atoms with E-state index in [-0.39, 0.29) is 16.5 Å². The summed E-state index contributed by atoms with van der Waals surface area (Å²) in [6.45, 7) is 6.36. The Morgan fingerprint density at radius 3 is 1.51 bits per heavy atom. The van der Waals surface area contributed by atoms with Crippen molar-refractivity contribution in [3.63, 3.8) is 0 Å². The number of nitrogens with one attached hydrogen (secondary N) is 4. The minimum Gasteiger partial charge on any atom is 3.00 e. The zero-order valence-corrected chi connectivity index (χ0v) is 24.0. The third-order valence-corrected chi connectivity index (χ3v) is 4.23. The predicted molar refractivity (Wildman–Crippen MR) is 135 cm³/mol. The van der Waals surface area contributed by atoms with Crippen LogP contribution in [0.15, 0.2) is 36.4 Å². The van der Waals surface area contributed by atoms with Crippen LogP contribution in [0.1, 0.15) is 11.4 Å². The summed E-state index contributed by atoms with van der Waals surface area (Å²) in [5.74, 6) is 0. The number of aromatic nitrogens is 2. The molecule has 0 saturated carbocycles. The van der Waals surface area contributed by atoms with Gasteiger partial charge < -0.3 is 21.3 Å². The van der Waals surface area contributed by atoms with Gasteiger partial charge in [0, 0.05) is 31.6 Å². The van der Waals surface area contributed by atoms with E-state index in [1.54, 1.807) is 0 Å². The Balaban J connectivity index is 0.000000888. The van der Waals surface area contributed by atoms with Gasteiger partial charge in [0.15, 0.2) is 0 Å². The molecule has 241 valence electrons. The van der Waals surface area contributed by atoms with Crippen LogP contribution in [0, 0.1) is 6.54 Å². The van der Waals surface area contributed by atoms with E-state index in [1.165, 1.54) is 0 Å². The second-order valence-corrected chi connectivity index (χ2v) is 12.0. The number of nitrogens with zero attached hydrogens (tertiary/aromatic N) is 2. The summed E-state index contributed by atoms with van der Waals surface area (Å²) in [5.41, 5.74) is 3.86. The molecule has 41 heavy (non-hydrogen) atoms. The van der Waals surface area contributed by atoms with Crippen molar-refractivity contribution in [1.82, 2.24) is 31.2 Å². The second-order valence-electron chi connectivity index (χ2n) is 8.15. The van der Waals surface area contributed by atoms with Gasteiger partial charge in [-0.3, -0.25) is 4.98 Å². The standard InChI is InChI=1S/C20H27N6.2F6P.Ni/c1-21-9-11-23-13-17-7-5-15-3-4-16-6-8-18(14-24-12-10-22-2)26-20(16)19(15)25-17;2*1-7(2,3,4,5)6;/h3-8,13,21-24H,9-12,14H2,1-2H3;;;/q3*-1;+3. The van der Waals surface area contributed by atoms with Gasteiger partial charge in [-0.2, -0.15) is 6.07 Å². The molecular formula is C20H27F12N6NiP2. The molecule has 3 aromatic rings. The summed E-state index contributed by atoms with van der Waals surface area (Å²) in [7, 11) is -17.4. The number of hydrogen-bond donors (Lipinski definition) is 4. The van der Waals surface area contributed by atoms with E-state index in [0.717, 1.165) is 65.9 Å². The molecule has 21 heteroatoms. The van der Waals surface area contributed by atoms with Crippen LogP contribution in [0.25, 0.3) is 21.8 Å². The molecule has 0 bridgehead atoms. The van der Waals surface area contributed by atoms with E-state index < -0.39 is 15.6 Å². The Hall–Kier alpha value is -1.74. The first-order valence-corrected chi connectivity index (χ1v) is 15.2. The molecule has 1 radical (unpaired) electrons. The second kappa shape index (κ2) is 12.9. The molecular weight excluding hydrogens is 673 g/mol. The molecule has 0 atom stereocenters. The van der Waals surface area contributed by atoms with Crippen LogP contribution in [-0.2, 0) is 23.0 Å². The first kappa shape index (κ1) is 39.3. The molecule has 0 spiro atoms. The quantitative estimate of drug-likeness (QED) is 0.0428. The normalized spacial score (nSPS) is 15.1. The molecule has 4 N–H and O–H groups in total. The molecule has 1 aromatic carbocycles. The molecule has 0 saturated heterocycles. The number of pyridine rings is 2. The van der Waals surface area contributed by atoms with Crippen molar-refractivity contribution in [3.05, 3.63) is 54.3 Å². The van der Waals surface area contributed by atoms with Crippen LogP contribution >= 0.6 is 15.6 Å². The minimum absolute atomic E-state index is 0. The van der Waals surface area contributed by atoms with E-state index in [2.05, 4.69) is 51.6 Å². The van der Waals surface area contributed by atoms with Gasteiger partial charge in [0.25, 0.3) is 0 Å². The molecule has 0 unspecified atom stereocenters. The molecule has 3 rings (SSSR count). The Bertz CT molecular complexity index is 1150. The zero-order valence-electron chi connectivity index (χ0n) is 21.2. The van der Waals surface area contributed by atoms with E-state index in [9.17, 15) is 50.4 Å². The Morgan fingerprint density at radius 1 is 0.610 bits per heavy atom. The summed E-state index contributed by atoms with van der Waals surface area (Å²) in [6.07, 6.45) is 0. The maximum atomic E-state index is 9.87. The van der Waals surface area contributed by atoms with Crippen LogP contribution in [0.4, 0.5) is 50.4 Å². The average Bonchev–Trinajstić information content (AvgIpc) is 2.75. The summed E-state index contributed by atoms with van der Waals surface area (Å²) >= 11 is 0. The fraction of sp³-hybridized carbons (Fsp3) is 0.350. The van der Waals surface area contributed by atoms with E-state index in [0.29, 0.717) is 0 Å². The molecule has 6 nitrogen and oxygen atoms in total. The first-order valence-electron chi connectivity index (χ1n) is 11.1. The molecule has 0 amide bonds. The van der Waals surface area contributed by atoms with Gasteiger partial charge in [-0.1, -0.05) is 23.9 Å². The van der Waals surface area contributed by atoms with Gasteiger partial charge >= 0.3 is 82.5 Å². The van der Waals surface area contributed by atoms with Gasteiger partial charge in [-0.15, -0.1) is 12.6 Å². The van der Waals surface area contributed by atoms with Crippen molar-refractivity contribution in [3.8, 4) is 0 Å². The fourth-order valence-corrected chi connectivity index (χ4v) is 2.81. The van der Waals surface area contributed by atoms with Crippen LogP contribution in [0.5, 0.6) is 0 Å². The fourth-order valence-electron chi connectivity index (χ4n) is 2.81. The van der Waals surface area contributed by atoms with Crippen LogP contribution in [0.2, 0.25) is 0 Å². The van der Waals surface area contributed by atoms with Crippen molar-refractivity contribution in [2.75, 3.05) is 40.3 Å². The molecule has 2 aromatic heterocycles. The predicted octanol–water partition coefficient (Wildman–Crippen LogP) is 8.17. The van der Waals surface area contributed by atoms with Crippen molar-refractivity contribution >= 4 is 37.4 Å². The van der Waals surface area contributed by atoms with Crippen LogP contribution in [-0.4, -0.2) is 50.2 Å². The number of fused-ring (bicyclic) bond motifs is 3. The first-order chi connectivity index (χ1) is 17.7. The maximum Gasteiger partial charge on any atom is 3.00 e. The molecule has 0 aliphatic rings. The Kier molecular flexibility index (Phi) is 12.3. The van der Waals surface area contributed by atoms with Gasteiger partial charge in [0.1, 0.15) is 0 Å². The summed E-state index contributed by atoms with van der Waals surface area (Å²) < 4.78 is 118. The smallest absolute Gasteiger partial charge is 3.00 e. The molecule has 2 heterocycles. The van der Waals surface area contributed by atoms with Crippen molar-refractivity contribution in [2.45, 2.75) is 6.54 Å². The molecule has 0 fully saturated rings. The Morgan fingerprint density at radius 2 is 1.02 bits per heavy atom. The molecule has 0 aliphatic heterocycles. The third kappa shape index (κ3) is 24.6. The summed E-state index contributed by atoms with van der Waals surface area (Å²) in [4.78, 5) is 9.68. The topological polar surface area (TPSA) is 73.9 Å². The maximum absolute atomic E-state index is 10.7. The van der Waals surface area contributed by atoms with Gasteiger partial charge in [-0.05, 0) is 32.1 Å². The summed E-state index contributed by atoms with van der Waals surface area (Å²) in [6, 6.07) is 12.6. The van der Waals surface area contributed by atoms with E-state index in [1.807, 2.05) is 26.7 Å². The van der Waals surface area contributed by atoms with Crippen molar-refractivity contribution in [2.24, 2.45) is 0 Å². The number of likely N-dealkylation sites (N-methyl/N-ethyl adjacent to an activating group) is 2. The van der Waals surface area contributed by atoms with Crippen LogP contribution in [0.3, 0.4) is 0 Å². The van der Waals surface area contributed by atoms with Crippen LogP contribution < -0.4 is 21.3 Å². The van der Waals surface area contributed by atoms with Gasteiger partial charge in [0.05, 0.1) is 16.7 Å². The zero-order chi connectivity index (χ0) is 31.0. The third-order valence-electron chi connectivity index (χ3n) is 4.23. The molecule has 0 aliphatic carbocycles. The average molecular weight is 700 g/mol. The SMILES string of the molecule is CNCCN[CH-]c1ccc2ccc3ccc(CNCCNC)nc3c2n1.F[P-](F)(F)(F)(F)F.F[P-](F)(F)(F)(F)F.[Ni+3]. The summed E-state index contributed by atoms with van der Waals surface area (Å²) in [5, 5.41) is 15.2. The number of halogens is 12. The number of rotatable bonds is 10. The largest absolute Gasteiger partial charge is 3.00 e. The van der Waals surface area contributed by atoms with Gasteiger partial charge in [-0.25, -0.2) is 4.98 Å². The van der Waals surface area contributed by atoms with E-state index in [4.69, 9.17) is 9.97 Å². The van der Waals surface area contributed by atoms with Gasteiger partial charge in [0.2, 0.25) is 0 Å². The van der Waals surface area contributed by atoms with Crippen molar-refractivity contribution in [1.29, 1.82) is 0 Å². The number of hydrogen-bond acceptors (Lipinski definition) is 6. The Labute approximate surface area is 236 Å². The van der Waals surface area contributed by atoms with E-state index >= 15 is 0 Å². The minimum atomic E-state index is -10.7. The van der Waals surface area contributed by atoms with Crippen molar-refractivity contribution < 1.29 is 66.9 Å².